The van der Waals surface area contributed by atoms with E-state index < -0.39 is 17.8 Å². The normalized spacial score (nSPS) is 10.1. The van der Waals surface area contributed by atoms with Crippen LogP contribution in [0.2, 0.25) is 0 Å². The second-order valence-electron chi connectivity index (χ2n) is 6.08. The molecule has 0 unspecified atom stereocenters. The number of hydrogen-bond donors (Lipinski definition) is 1. The van der Waals surface area contributed by atoms with E-state index >= 15 is 0 Å². The lowest BCUT2D eigenvalue weighted by atomic mass is 10.1. The van der Waals surface area contributed by atoms with Crippen molar-refractivity contribution >= 4 is 23.5 Å². The van der Waals surface area contributed by atoms with E-state index in [1.807, 2.05) is 38.1 Å². The second-order valence-corrected chi connectivity index (χ2v) is 6.08. The number of ether oxygens (including phenoxy) is 2. The quantitative estimate of drug-likeness (QED) is 0.722. The minimum atomic E-state index is -0.469. The van der Waals surface area contributed by atoms with Gasteiger partial charge in [-0.2, -0.15) is 0 Å². The molecule has 0 aromatic heterocycles. The third kappa shape index (κ3) is 6.93. The summed E-state index contributed by atoms with van der Waals surface area (Å²) in [6, 6.07) is 13.8. The monoisotopic (exact) mass is 369 g/mol. The van der Waals surface area contributed by atoms with Crippen LogP contribution in [-0.4, -0.2) is 31.1 Å². The summed E-state index contributed by atoms with van der Waals surface area (Å²) in [6.45, 7) is 3.88. The highest BCUT2D eigenvalue weighted by Crippen LogP contribution is 2.11. The highest BCUT2D eigenvalue weighted by Gasteiger charge is 2.10. The molecule has 0 bridgehead atoms. The molecule has 2 rings (SSSR count). The molecule has 0 saturated carbocycles. The highest BCUT2D eigenvalue weighted by atomic mass is 16.5. The van der Waals surface area contributed by atoms with Crippen LogP contribution in [-0.2, 0) is 25.5 Å². The lowest BCUT2D eigenvalue weighted by molar-refractivity contribution is -0.146. The van der Waals surface area contributed by atoms with E-state index in [1.165, 1.54) is 0 Å². The van der Waals surface area contributed by atoms with Crippen molar-refractivity contribution in [3.05, 3.63) is 65.2 Å². The Labute approximate surface area is 158 Å². The maximum absolute atomic E-state index is 11.9. The van der Waals surface area contributed by atoms with Crippen LogP contribution in [0, 0.1) is 6.92 Å². The van der Waals surface area contributed by atoms with E-state index in [-0.39, 0.29) is 13.0 Å². The molecular formula is C21H23NO5. The molecule has 6 heteroatoms. The number of esters is 2. The fourth-order valence-electron chi connectivity index (χ4n) is 2.23. The van der Waals surface area contributed by atoms with Gasteiger partial charge in [0.25, 0.3) is 5.91 Å². The van der Waals surface area contributed by atoms with Gasteiger partial charge in [0.1, 0.15) is 0 Å². The van der Waals surface area contributed by atoms with Crippen LogP contribution in [0.3, 0.4) is 0 Å². The molecule has 1 N–H and O–H groups in total. The molecule has 0 fully saturated rings. The fraction of sp³-hybridized carbons (Fsp3) is 0.286. The van der Waals surface area contributed by atoms with E-state index in [1.54, 1.807) is 24.3 Å². The number of anilines is 1. The third-order valence-corrected chi connectivity index (χ3v) is 3.67. The first kappa shape index (κ1) is 20.2. The van der Waals surface area contributed by atoms with Crippen LogP contribution in [0.4, 0.5) is 5.69 Å². The average Bonchev–Trinajstić information content (AvgIpc) is 2.67. The first-order valence-corrected chi connectivity index (χ1v) is 8.76. The SMILES string of the molecule is CCCOC(=O)c1ccc(NC(=O)COC(=O)Cc2ccc(C)cc2)cc1. The minimum Gasteiger partial charge on any atom is -0.462 e. The Kier molecular flexibility index (Phi) is 7.55. The zero-order chi connectivity index (χ0) is 19.6. The second kappa shape index (κ2) is 10.1. The smallest absolute Gasteiger partial charge is 0.338 e. The molecule has 0 atom stereocenters. The lowest BCUT2D eigenvalue weighted by Crippen LogP contribution is -2.21. The summed E-state index contributed by atoms with van der Waals surface area (Å²) in [5, 5.41) is 2.61. The van der Waals surface area contributed by atoms with Crippen molar-refractivity contribution in [1.29, 1.82) is 0 Å². The van der Waals surface area contributed by atoms with Crippen molar-refractivity contribution in [1.82, 2.24) is 0 Å². The Hall–Kier alpha value is -3.15. The molecule has 0 heterocycles. The third-order valence-electron chi connectivity index (χ3n) is 3.67. The maximum Gasteiger partial charge on any atom is 0.338 e. The first-order valence-electron chi connectivity index (χ1n) is 8.76. The van der Waals surface area contributed by atoms with Gasteiger partial charge in [0.05, 0.1) is 18.6 Å². The van der Waals surface area contributed by atoms with Gasteiger partial charge in [-0.15, -0.1) is 0 Å². The van der Waals surface area contributed by atoms with Gasteiger partial charge in [-0.05, 0) is 43.2 Å². The molecule has 1 amide bonds. The molecule has 142 valence electrons. The van der Waals surface area contributed by atoms with Crippen LogP contribution < -0.4 is 5.32 Å². The molecule has 2 aromatic rings. The van der Waals surface area contributed by atoms with Gasteiger partial charge in [0.15, 0.2) is 6.61 Å². The predicted molar refractivity (Wildman–Crippen MR) is 101 cm³/mol. The molecule has 0 spiro atoms. The van der Waals surface area contributed by atoms with Crippen molar-refractivity contribution in [2.24, 2.45) is 0 Å². The first-order chi connectivity index (χ1) is 13.0. The number of benzene rings is 2. The summed E-state index contributed by atoms with van der Waals surface area (Å²) in [5.41, 5.74) is 2.85. The topological polar surface area (TPSA) is 81.7 Å². The summed E-state index contributed by atoms with van der Waals surface area (Å²) in [7, 11) is 0. The van der Waals surface area contributed by atoms with Gasteiger partial charge in [0, 0.05) is 5.69 Å². The molecule has 0 saturated heterocycles. The summed E-state index contributed by atoms with van der Waals surface area (Å²) in [4.78, 5) is 35.4. The molecular weight excluding hydrogens is 346 g/mol. The highest BCUT2D eigenvalue weighted by molar-refractivity contribution is 5.94. The molecule has 27 heavy (non-hydrogen) atoms. The van der Waals surface area contributed by atoms with Crippen molar-refractivity contribution in [2.75, 3.05) is 18.5 Å². The predicted octanol–water partition coefficient (Wildman–Crippen LogP) is 3.29. The summed E-state index contributed by atoms with van der Waals surface area (Å²) >= 11 is 0. The molecule has 0 aliphatic heterocycles. The Morgan fingerprint density at radius 1 is 0.926 bits per heavy atom. The van der Waals surface area contributed by atoms with Crippen LogP contribution in [0.1, 0.15) is 34.8 Å². The van der Waals surface area contributed by atoms with Gasteiger partial charge >= 0.3 is 11.9 Å². The molecule has 0 aliphatic carbocycles. The van der Waals surface area contributed by atoms with E-state index in [9.17, 15) is 14.4 Å². The van der Waals surface area contributed by atoms with Crippen LogP contribution >= 0.6 is 0 Å². The number of amides is 1. The Bertz CT molecular complexity index is 781. The maximum atomic E-state index is 11.9. The fourth-order valence-corrected chi connectivity index (χ4v) is 2.23. The Balaban J connectivity index is 1.77. The van der Waals surface area contributed by atoms with Crippen LogP contribution in [0.5, 0.6) is 0 Å². The zero-order valence-corrected chi connectivity index (χ0v) is 15.5. The number of nitrogens with one attached hydrogen (secondary N) is 1. The average molecular weight is 369 g/mol. The van der Waals surface area contributed by atoms with Crippen LogP contribution in [0.25, 0.3) is 0 Å². The number of aryl methyl sites for hydroxylation is 1. The molecule has 6 nitrogen and oxygen atoms in total. The van der Waals surface area contributed by atoms with Crippen molar-refractivity contribution in [3.63, 3.8) is 0 Å². The summed E-state index contributed by atoms with van der Waals surface area (Å²) < 4.78 is 10.0. The number of hydrogen-bond acceptors (Lipinski definition) is 5. The number of rotatable bonds is 8. The van der Waals surface area contributed by atoms with Crippen LogP contribution in [0.15, 0.2) is 48.5 Å². The van der Waals surface area contributed by atoms with Crippen molar-refractivity contribution in [2.45, 2.75) is 26.7 Å². The summed E-state index contributed by atoms with van der Waals surface area (Å²) in [5.74, 6) is -1.32. The molecule has 0 radical (unpaired) electrons. The van der Waals surface area contributed by atoms with Gasteiger partial charge in [-0.1, -0.05) is 36.8 Å². The van der Waals surface area contributed by atoms with Crippen molar-refractivity contribution < 1.29 is 23.9 Å². The van der Waals surface area contributed by atoms with Crippen molar-refractivity contribution in [3.8, 4) is 0 Å². The number of carbonyl (C=O) groups is 3. The van der Waals surface area contributed by atoms with Gasteiger partial charge in [0.2, 0.25) is 0 Å². The Morgan fingerprint density at radius 3 is 2.22 bits per heavy atom. The van der Waals surface area contributed by atoms with E-state index in [2.05, 4.69) is 5.32 Å². The largest absolute Gasteiger partial charge is 0.462 e. The van der Waals surface area contributed by atoms with E-state index in [0.29, 0.717) is 17.9 Å². The molecule has 2 aromatic carbocycles. The molecule has 0 aliphatic rings. The van der Waals surface area contributed by atoms with E-state index in [4.69, 9.17) is 9.47 Å². The summed E-state index contributed by atoms with van der Waals surface area (Å²) in [6.07, 6.45) is 0.866. The Morgan fingerprint density at radius 2 is 1.59 bits per heavy atom. The minimum absolute atomic E-state index is 0.113. The van der Waals surface area contributed by atoms with E-state index in [0.717, 1.165) is 17.5 Å². The zero-order valence-electron chi connectivity index (χ0n) is 15.5. The number of carbonyl (C=O) groups excluding carboxylic acids is 3. The standard InChI is InChI=1S/C21H23NO5/c1-3-12-26-21(25)17-8-10-18(11-9-17)22-19(23)14-27-20(24)13-16-6-4-15(2)5-7-16/h4-11H,3,12-14H2,1-2H3,(H,22,23). The lowest BCUT2D eigenvalue weighted by Gasteiger charge is -2.08. The van der Waals surface area contributed by atoms with Gasteiger partial charge in [-0.25, -0.2) is 4.79 Å². The van der Waals surface area contributed by atoms with Gasteiger partial charge in [-0.3, -0.25) is 9.59 Å². The van der Waals surface area contributed by atoms with Gasteiger partial charge < -0.3 is 14.8 Å².